The predicted octanol–water partition coefficient (Wildman–Crippen LogP) is 3.67. The van der Waals surface area contributed by atoms with Gasteiger partial charge in [-0.25, -0.2) is 0 Å². The van der Waals surface area contributed by atoms with Crippen molar-refractivity contribution in [2.75, 3.05) is 7.11 Å². The first-order valence-corrected chi connectivity index (χ1v) is 9.47. The van der Waals surface area contributed by atoms with E-state index in [4.69, 9.17) is 13.9 Å². The Balaban J connectivity index is 1.39. The van der Waals surface area contributed by atoms with E-state index in [1.54, 1.807) is 7.11 Å². The number of nitrogens with zero attached hydrogens (tertiary/aromatic N) is 5. The van der Waals surface area contributed by atoms with Crippen molar-refractivity contribution in [3.05, 3.63) is 82.5 Å². The standard InChI is InChI=1S/C21H19N5O5/c1-29-18-7-2-3-8-19(18)30-14-15-5-4-6-16(11-15)21-24-23-20(31-21)9-10-25-13-17(12-22-25)26(27)28/h2-8,11-13H,9-10,14H2,1H3. The highest BCUT2D eigenvalue weighted by Crippen LogP contribution is 2.27. The zero-order valence-electron chi connectivity index (χ0n) is 16.7. The van der Waals surface area contributed by atoms with E-state index in [2.05, 4.69) is 15.3 Å². The van der Waals surface area contributed by atoms with Gasteiger partial charge in [0.15, 0.2) is 11.5 Å². The first kappa shape index (κ1) is 20.1. The predicted molar refractivity (Wildman–Crippen MR) is 110 cm³/mol. The van der Waals surface area contributed by atoms with Crippen molar-refractivity contribution < 1.29 is 18.8 Å². The lowest BCUT2D eigenvalue weighted by atomic mass is 10.1. The van der Waals surface area contributed by atoms with Gasteiger partial charge >= 0.3 is 5.69 Å². The lowest BCUT2D eigenvalue weighted by Crippen LogP contribution is -2.01. The van der Waals surface area contributed by atoms with Crippen LogP contribution in [0.2, 0.25) is 0 Å². The molecule has 31 heavy (non-hydrogen) atoms. The Morgan fingerprint density at radius 1 is 1.13 bits per heavy atom. The molecule has 4 aromatic rings. The van der Waals surface area contributed by atoms with Gasteiger partial charge in [0.05, 0.1) is 12.0 Å². The number of rotatable bonds is 9. The first-order chi connectivity index (χ1) is 15.1. The van der Waals surface area contributed by atoms with Crippen molar-refractivity contribution >= 4 is 5.69 Å². The van der Waals surface area contributed by atoms with E-state index in [9.17, 15) is 10.1 Å². The van der Waals surface area contributed by atoms with E-state index in [1.807, 2.05) is 48.5 Å². The Morgan fingerprint density at radius 3 is 2.74 bits per heavy atom. The fourth-order valence-corrected chi connectivity index (χ4v) is 2.94. The third kappa shape index (κ3) is 4.86. The van der Waals surface area contributed by atoms with Crippen LogP contribution in [0.15, 0.2) is 65.3 Å². The third-order valence-electron chi connectivity index (χ3n) is 4.49. The molecule has 4 rings (SSSR count). The zero-order chi connectivity index (χ0) is 21.6. The van der Waals surface area contributed by atoms with Crippen LogP contribution in [-0.4, -0.2) is 32.0 Å². The molecule has 158 valence electrons. The van der Waals surface area contributed by atoms with Crippen LogP contribution >= 0.6 is 0 Å². The molecule has 0 bridgehead atoms. The summed E-state index contributed by atoms with van der Waals surface area (Å²) in [4.78, 5) is 10.2. The van der Waals surface area contributed by atoms with Gasteiger partial charge in [-0.2, -0.15) is 5.10 Å². The van der Waals surface area contributed by atoms with E-state index in [0.717, 1.165) is 11.1 Å². The lowest BCUT2D eigenvalue weighted by Gasteiger charge is -2.10. The van der Waals surface area contributed by atoms with Gasteiger partial charge in [-0.1, -0.05) is 24.3 Å². The van der Waals surface area contributed by atoms with Gasteiger partial charge in [0.1, 0.15) is 19.0 Å². The maximum atomic E-state index is 10.7. The topological polar surface area (TPSA) is 118 Å². The Bertz CT molecular complexity index is 1190. The Kier molecular flexibility index (Phi) is 5.88. The van der Waals surface area contributed by atoms with E-state index >= 15 is 0 Å². The summed E-state index contributed by atoms with van der Waals surface area (Å²) in [6.07, 6.45) is 2.97. The summed E-state index contributed by atoms with van der Waals surface area (Å²) < 4.78 is 18.4. The molecule has 0 unspecified atom stereocenters. The summed E-state index contributed by atoms with van der Waals surface area (Å²) in [7, 11) is 1.60. The summed E-state index contributed by atoms with van der Waals surface area (Å²) in [6.45, 7) is 0.746. The normalized spacial score (nSPS) is 10.7. The van der Waals surface area contributed by atoms with Gasteiger partial charge in [0.25, 0.3) is 0 Å². The number of methoxy groups -OCH3 is 1. The molecule has 0 amide bonds. The number of hydrogen-bond acceptors (Lipinski definition) is 8. The summed E-state index contributed by atoms with van der Waals surface area (Å²) >= 11 is 0. The number of hydrogen-bond donors (Lipinski definition) is 0. The van der Waals surface area contributed by atoms with Gasteiger partial charge in [0.2, 0.25) is 11.8 Å². The molecule has 10 nitrogen and oxygen atoms in total. The number of aryl methyl sites for hydroxylation is 2. The molecule has 2 aromatic carbocycles. The average Bonchev–Trinajstić information content (AvgIpc) is 3.46. The zero-order valence-corrected chi connectivity index (χ0v) is 16.7. The van der Waals surface area contributed by atoms with Gasteiger partial charge in [-0.15, -0.1) is 10.2 Å². The molecule has 2 heterocycles. The smallest absolute Gasteiger partial charge is 0.306 e. The number of nitro groups is 1. The van der Waals surface area contributed by atoms with Crippen LogP contribution in [0.5, 0.6) is 11.5 Å². The fraction of sp³-hybridized carbons (Fsp3) is 0.190. The molecule has 2 aromatic heterocycles. The van der Waals surface area contributed by atoms with Crippen molar-refractivity contribution in [1.82, 2.24) is 20.0 Å². The molecule has 0 atom stereocenters. The average molecular weight is 421 g/mol. The van der Waals surface area contributed by atoms with E-state index in [0.29, 0.717) is 42.9 Å². The molecule has 10 heteroatoms. The molecule has 0 saturated carbocycles. The number of aromatic nitrogens is 4. The maximum Gasteiger partial charge on any atom is 0.306 e. The molecular weight excluding hydrogens is 402 g/mol. The Labute approximate surface area is 177 Å². The summed E-state index contributed by atoms with van der Waals surface area (Å²) in [5.41, 5.74) is 1.65. The SMILES string of the molecule is COc1ccccc1OCc1cccc(-c2nnc(CCn3cc([N+](=O)[O-])cn3)o2)c1. The van der Waals surface area contributed by atoms with Crippen LogP contribution < -0.4 is 9.47 Å². The number of para-hydroxylation sites is 2. The monoisotopic (exact) mass is 421 g/mol. The van der Waals surface area contributed by atoms with E-state index < -0.39 is 4.92 Å². The first-order valence-electron chi connectivity index (χ1n) is 9.47. The van der Waals surface area contributed by atoms with Crippen molar-refractivity contribution in [1.29, 1.82) is 0 Å². The second kappa shape index (κ2) is 9.08. The highest BCUT2D eigenvalue weighted by atomic mass is 16.6. The Morgan fingerprint density at radius 2 is 1.97 bits per heavy atom. The van der Waals surface area contributed by atoms with Crippen LogP contribution in [-0.2, 0) is 19.6 Å². The molecule has 0 aliphatic carbocycles. The molecule has 0 radical (unpaired) electrons. The van der Waals surface area contributed by atoms with Crippen LogP contribution in [0.1, 0.15) is 11.5 Å². The molecule has 0 spiro atoms. The third-order valence-corrected chi connectivity index (χ3v) is 4.49. The molecule has 0 fully saturated rings. The summed E-state index contributed by atoms with van der Waals surface area (Å²) in [5.74, 6) is 2.14. The molecule has 0 aliphatic heterocycles. The lowest BCUT2D eigenvalue weighted by molar-refractivity contribution is -0.385. The molecule has 0 N–H and O–H groups in total. The van der Waals surface area contributed by atoms with Gasteiger partial charge in [-0.3, -0.25) is 14.8 Å². The minimum atomic E-state index is -0.487. The van der Waals surface area contributed by atoms with Crippen LogP contribution in [0.3, 0.4) is 0 Å². The second-order valence-corrected chi connectivity index (χ2v) is 6.61. The molecular formula is C21H19N5O5. The minimum Gasteiger partial charge on any atom is -0.493 e. The molecule has 0 saturated heterocycles. The highest BCUT2D eigenvalue weighted by Gasteiger charge is 2.12. The quantitative estimate of drug-likeness (QED) is 0.297. The van der Waals surface area contributed by atoms with Crippen molar-refractivity contribution in [2.45, 2.75) is 19.6 Å². The second-order valence-electron chi connectivity index (χ2n) is 6.61. The van der Waals surface area contributed by atoms with Crippen LogP contribution in [0, 0.1) is 10.1 Å². The van der Waals surface area contributed by atoms with Crippen LogP contribution in [0.25, 0.3) is 11.5 Å². The Hall–Kier alpha value is -4.21. The van der Waals surface area contributed by atoms with Gasteiger partial charge in [0, 0.05) is 18.5 Å². The highest BCUT2D eigenvalue weighted by molar-refractivity contribution is 5.53. The molecule has 0 aliphatic rings. The maximum absolute atomic E-state index is 10.7. The fourth-order valence-electron chi connectivity index (χ4n) is 2.94. The van der Waals surface area contributed by atoms with E-state index in [-0.39, 0.29) is 5.69 Å². The number of ether oxygens (including phenoxy) is 2. The summed E-state index contributed by atoms with van der Waals surface area (Å²) in [6, 6.07) is 15.1. The van der Waals surface area contributed by atoms with Crippen molar-refractivity contribution in [3.8, 4) is 23.0 Å². The summed E-state index contributed by atoms with van der Waals surface area (Å²) in [5, 5.41) is 22.8. The van der Waals surface area contributed by atoms with E-state index in [1.165, 1.54) is 17.1 Å². The van der Waals surface area contributed by atoms with Gasteiger partial charge < -0.3 is 13.9 Å². The largest absolute Gasteiger partial charge is 0.493 e. The van der Waals surface area contributed by atoms with Crippen molar-refractivity contribution in [2.24, 2.45) is 0 Å². The van der Waals surface area contributed by atoms with Crippen molar-refractivity contribution in [3.63, 3.8) is 0 Å². The van der Waals surface area contributed by atoms with Gasteiger partial charge in [-0.05, 0) is 29.8 Å². The minimum absolute atomic E-state index is 0.0571. The van der Waals surface area contributed by atoms with Crippen LogP contribution in [0.4, 0.5) is 5.69 Å². The number of benzene rings is 2.